The Bertz CT molecular complexity index is 312. The summed E-state index contributed by atoms with van der Waals surface area (Å²) in [4.78, 5) is 12.5. The SMILES string of the molecule is C=C(CO)c1ccc(C(C)=O)s1. The lowest BCUT2D eigenvalue weighted by atomic mass is 10.2. The van der Waals surface area contributed by atoms with Crippen LogP contribution in [0.5, 0.6) is 0 Å². The van der Waals surface area contributed by atoms with Gasteiger partial charge in [-0.05, 0) is 24.6 Å². The topological polar surface area (TPSA) is 37.3 Å². The third-order valence-corrected chi connectivity index (χ3v) is 2.78. The fourth-order valence-corrected chi connectivity index (χ4v) is 1.66. The van der Waals surface area contributed by atoms with Gasteiger partial charge in [0.25, 0.3) is 0 Å². The number of carbonyl (C=O) groups excluding carboxylic acids is 1. The summed E-state index contributed by atoms with van der Waals surface area (Å²) in [5, 5.41) is 8.76. The van der Waals surface area contributed by atoms with Crippen molar-refractivity contribution >= 4 is 22.7 Å². The maximum Gasteiger partial charge on any atom is 0.169 e. The first kappa shape index (κ1) is 9.16. The molecule has 1 aromatic rings. The van der Waals surface area contributed by atoms with Gasteiger partial charge in [0.2, 0.25) is 0 Å². The van der Waals surface area contributed by atoms with E-state index < -0.39 is 0 Å². The summed E-state index contributed by atoms with van der Waals surface area (Å²) in [5.74, 6) is 0.0528. The molecule has 2 nitrogen and oxygen atoms in total. The van der Waals surface area contributed by atoms with Gasteiger partial charge in [0.05, 0.1) is 11.5 Å². The molecule has 0 aromatic carbocycles. The Morgan fingerprint density at radius 3 is 2.58 bits per heavy atom. The number of hydrogen-bond acceptors (Lipinski definition) is 3. The van der Waals surface area contributed by atoms with Crippen LogP contribution in [0.1, 0.15) is 21.5 Å². The third kappa shape index (κ3) is 1.81. The van der Waals surface area contributed by atoms with Crippen molar-refractivity contribution in [1.29, 1.82) is 0 Å². The van der Waals surface area contributed by atoms with Crippen LogP contribution in [0.3, 0.4) is 0 Å². The number of aliphatic hydroxyl groups excluding tert-OH is 1. The van der Waals surface area contributed by atoms with Crippen molar-refractivity contribution < 1.29 is 9.90 Å². The van der Waals surface area contributed by atoms with E-state index in [1.54, 1.807) is 12.1 Å². The average Bonchev–Trinajstić information content (AvgIpc) is 2.51. The fraction of sp³-hybridized carbons (Fsp3) is 0.222. The van der Waals surface area contributed by atoms with E-state index in [4.69, 9.17) is 5.11 Å². The zero-order chi connectivity index (χ0) is 9.14. The molecule has 0 aliphatic rings. The maximum absolute atomic E-state index is 10.9. The van der Waals surface area contributed by atoms with E-state index in [0.29, 0.717) is 10.5 Å². The molecule has 0 spiro atoms. The van der Waals surface area contributed by atoms with Crippen LogP contribution in [-0.4, -0.2) is 17.5 Å². The predicted molar refractivity (Wildman–Crippen MR) is 50.4 cm³/mol. The molecule has 64 valence electrons. The molecule has 12 heavy (non-hydrogen) atoms. The van der Waals surface area contributed by atoms with Crippen LogP contribution < -0.4 is 0 Å². The molecule has 0 fully saturated rings. The normalized spacial score (nSPS) is 9.83. The van der Waals surface area contributed by atoms with Crippen molar-refractivity contribution in [1.82, 2.24) is 0 Å². The zero-order valence-electron chi connectivity index (χ0n) is 6.83. The molecular weight excluding hydrogens is 172 g/mol. The minimum absolute atomic E-state index is 0.0528. The predicted octanol–water partition coefficient (Wildman–Crippen LogP) is 1.96. The van der Waals surface area contributed by atoms with E-state index in [1.165, 1.54) is 18.3 Å². The second-order valence-electron chi connectivity index (χ2n) is 2.48. The van der Waals surface area contributed by atoms with Crippen molar-refractivity contribution in [3.63, 3.8) is 0 Å². The minimum atomic E-state index is -0.0577. The molecule has 1 aromatic heterocycles. The second-order valence-corrected chi connectivity index (χ2v) is 3.57. The number of rotatable bonds is 3. The number of hydrogen-bond donors (Lipinski definition) is 1. The fourth-order valence-electron chi connectivity index (χ4n) is 0.795. The lowest BCUT2D eigenvalue weighted by Gasteiger charge is -1.94. The van der Waals surface area contributed by atoms with Crippen LogP contribution in [0.15, 0.2) is 18.7 Å². The molecular formula is C9H10O2S. The molecule has 0 unspecified atom stereocenters. The van der Waals surface area contributed by atoms with Crippen LogP contribution in [0.25, 0.3) is 5.57 Å². The first-order valence-corrected chi connectivity index (χ1v) is 4.36. The summed E-state index contributed by atoms with van der Waals surface area (Å²) in [7, 11) is 0. The molecule has 0 aliphatic carbocycles. The number of aliphatic hydroxyl groups is 1. The smallest absolute Gasteiger partial charge is 0.169 e. The van der Waals surface area contributed by atoms with E-state index in [9.17, 15) is 4.79 Å². The summed E-state index contributed by atoms with van der Waals surface area (Å²) in [5.41, 5.74) is 0.660. The van der Waals surface area contributed by atoms with E-state index >= 15 is 0 Å². The van der Waals surface area contributed by atoms with E-state index in [1.807, 2.05) is 0 Å². The van der Waals surface area contributed by atoms with E-state index in [2.05, 4.69) is 6.58 Å². The minimum Gasteiger partial charge on any atom is -0.392 e. The highest BCUT2D eigenvalue weighted by atomic mass is 32.1. The summed E-state index contributed by atoms with van der Waals surface area (Å²) >= 11 is 1.36. The van der Waals surface area contributed by atoms with Gasteiger partial charge in [-0.1, -0.05) is 6.58 Å². The van der Waals surface area contributed by atoms with E-state index in [-0.39, 0.29) is 12.4 Å². The van der Waals surface area contributed by atoms with Gasteiger partial charge in [-0.3, -0.25) is 4.79 Å². The van der Waals surface area contributed by atoms with Crippen molar-refractivity contribution in [2.75, 3.05) is 6.61 Å². The van der Waals surface area contributed by atoms with Crippen molar-refractivity contribution in [3.8, 4) is 0 Å². The summed E-state index contributed by atoms with van der Waals surface area (Å²) < 4.78 is 0. The molecule has 0 atom stereocenters. The molecule has 0 radical (unpaired) electrons. The monoisotopic (exact) mass is 182 g/mol. The third-order valence-electron chi connectivity index (χ3n) is 1.49. The lowest BCUT2D eigenvalue weighted by Crippen LogP contribution is -1.84. The Morgan fingerprint density at radius 1 is 1.58 bits per heavy atom. The summed E-state index contributed by atoms with van der Waals surface area (Å²) in [6.45, 7) is 5.13. The van der Waals surface area contributed by atoms with Crippen LogP contribution in [-0.2, 0) is 0 Å². The van der Waals surface area contributed by atoms with Gasteiger partial charge in [0.15, 0.2) is 5.78 Å². The number of thiophene rings is 1. The first-order chi connectivity index (χ1) is 5.65. The van der Waals surface area contributed by atoms with Gasteiger partial charge in [0.1, 0.15) is 0 Å². The van der Waals surface area contributed by atoms with Crippen molar-refractivity contribution in [2.45, 2.75) is 6.92 Å². The number of Topliss-reactive ketones (excluding diaryl/α,β-unsaturated/α-hetero) is 1. The molecule has 1 heterocycles. The molecule has 0 amide bonds. The number of carbonyl (C=O) groups is 1. The number of ketones is 1. The highest BCUT2D eigenvalue weighted by molar-refractivity contribution is 7.15. The molecule has 0 bridgehead atoms. The quantitative estimate of drug-likeness (QED) is 0.725. The van der Waals surface area contributed by atoms with Crippen LogP contribution in [0.4, 0.5) is 0 Å². The Labute approximate surface area is 75.2 Å². The highest BCUT2D eigenvalue weighted by Gasteiger charge is 2.05. The molecule has 0 saturated carbocycles. The Balaban J connectivity index is 2.91. The molecule has 1 rings (SSSR count). The Hall–Kier alpha value is -0.930. The first-order valence-electron chi connectivity index (χ1n) is 3.55. The molecule has 0 aliphatic heterocycles. The van der Waals surface area contributed by atoms with Crippen LogP contribution >= 0.6 is 11.3 Å². The highest BCUT2D eigenvalue weighted by Crippen LogP contribution is 2.22. The lowest BCUT2D eigenvalue weighted by molar-refractivity contribution is 0.102. The summed E-state index contributed by atoms with van der Waals surface area (Å²) in [6, 6.07) is 3.56. The second kappa shape index (κ2) is 3.65. The van der Waals surface area contributed by atoms with Gasteiger partial charge in [-0.2, -0.15) is 0 Å². The molecule has 1 N–H and O–H groups in total. The zero-order valence-corrected chi connectivity index (χ0v) is 7.65. The van der Waals surface area contributed by atoms with Gasteiger partial charge < -0.3 is 5.11 Å². The van der Waals surface area contributed by atoms with Gasteiger partial charge in [-0.25, -0.2) is 0 Å². The van der Waals surface area contributed by atoms with Crippen molar-refractivity contribution in [3.05, 3.63) is 28.5 Å². The van der Waals surface area contributed by atoms with Crippen molar-refractivity contribution in [2.24, 2.45) is 0 Å². The average molecular weight is 182 g/mol. The maximum atomic E-state index is 10.9. The standard InChI is InChI=1S/C9H10O2S/c1-6(5-10)8-3-4-9(12-8)7(2)11/h3-4,10H,1,5H2,2H3. The Kier molecular flexibility index (Phi) is 2.78. The van der Waals surface area contributed by atoms with Gasteiger partial charge in [-0.15, -0.1) is 11.3 Å². The van der Waals surface area contributed by atoms with E-state index in [0.717, 1.165) is 4.88 Å². The van der Waals surface area contributed by atoms with Crippen LogP contribution in [0, 0.1) is 0 Å². The van der Waals surface area contributed by atoms with Crippen LogP contribution in [0.2, 0.25) is 0 Å². The van der Waals surface area contributed by atoms with Gasteiger partial charge in [0, 0.05) is 4.88 Å². The largest absolute Gasteiger partial charge is 0.392 e. The van der Waals surface area contributed by atoms with Gasteiger partial charge >= 0.3 is 0 Å². The molecule has 3 heteroatoms. The molecule has 0 saturated heterocycles. The summed E-state index contributed by atoms with van der Waals surface area (Å²) in [6.07, 6.45) is 0. The Morgan fingerprint density at radius 2 is 2.17 bits per heavy atom.